The summed E-state index contributed by atoms with van der Waals surface area (Å²) in [5.41, 5.74) is 3.47. The molecule has 1 aliphatic rings. The number of anilines is 2. The van der Waals surface area contributed by atoms with Gasteiger partial charge in [0.25, 0.3) is 0 Å². The largest absolute Gasteiger partial charge is 0.354 e. The number of fused-ring (bicyclic) bond motifs is 1. The van der Waals surface area contributed by atoms with Crippen molar-refractivity contribution < 1.29 is 0 Å². The predicted molar refractivity (Wildman–Crippen MR) is 76.9 cm³/mol. The molecule has 0 amide bonds. The molecule has 1 aliphatic heterocycles. The van der Waals surface area contributed by atoms with Crippen molar-refractivity contribution in [2.75, 3.05) is 34.9 Å². The number of rotatable bonds is 2. The number of hydrogen-bond donors (Lipinski definition) is 2. The number of nitrogens with zero attached hydrogens (tertiary/aromatic N) is 3. The van der Waals surface area contributed by atoms with Crippen molar-refractivity contribution in [3.05, 3.63) is 24.3 Å². The van der Waals surface area contributed by atoms with E-state index in [1.807, 2.05) is 30.0 Å². The minimum absolute atomic E-state index is 0.474. The van der Waals surface area contributed by atoms with Crippen LogP contribution in [-0.4, -0.2) is 34.6 Å². The van der Waals surface area contributed by atoms with Crippen LogP contribution in [0.5, 0.6) is 0 Å². The summed E-state index contributed by atoms with van der Waals surface area (Å²) in [6.07, 6.45) is 0. The normalized spacial score (nSPS) is 15.9. The lowest BCUT2D eigenvalue weighted by Crippen LogP contribution is -2.33. The van der Waals surface area contributed by atoms with Crippen LogP contribution in [-0.2, 0) is 0 Å². The van der Waals surface area contributed by atoms with E-state index in [9.17, 15) is 0 Å². The molecule has 2 aromatic rings. The lowest BCUT2D eigenvalue weighted by Gasteiger charge is -2.28. The number of hydrogen-bond acceptors (Lipinski definition) is 6. The predicted octanol–water partition coefficient (Wildman–Crippen LogP) is 1.47. The smallest absolute Gasteiger partial charge is 0.239 e. The third-order valence-electron chi connectivity index (χ3n) is 3.02. The molecule has 1 saturated heterocycles. The fraction of sp³-hybridized carbons (Fsp3) is 0.333. The highest BCUT2D eigenvalue weighted by Gasteiger charge is 2.16. The third-order valence-corrected chi connectivity index (χ3v) is 3.97. The Morgan fingerprint density at radius 2 is 1.94 bits per heavy atom. The number of nitrogens with one attached hydrogen (secondary N) is 1. The molecule has 0 bridgehead atoms. The van der Waals surface area contributed by atoms with Crippen LogP contribution >= 0.6 is 11.8 Å². The molecule has 2 heterocycles. The van der Waals surface area contributed by atoms with Gasteiger partial charge in [-0.2, -0.15) is 16.7 Å². The molecule has 1 aromatic carbocycles. The molecule has 0 atom stereocenters. The Hall–Kier alpha value is -1.53. The zero-order chi connectivity index (χ0) is 12.4. The van der Waals surface area contributed by atoms with Crippen molar-refractivity contribution in [2.24, 2.45) is 5.84 Å². The topological polar surface area (TPSA) is 67.1 Å². The fourth-order valence-corrected chi connectivity index (χ4v) is 3.04. The minimum Gasteiger partial charge on any atom is -0.354 e. The Kier molecular flexibility index (Phi) is 3.21. The molecular weight excluding hydrogens is 246 g/mol. The second-order valence-electron chi connectivity index (χ2n) is 4.13. The maximum absolute atomic E-state index is 5.44. The van der Waals surface area contributed by atoms with Crippen molar-refractivity contribution >= 4 is 34.4 Å². The van der Waals surface area contributed by atoms with Gasteiger partial charge in [-0.25, -0.2) is 10.8 Å². The zero-order valence-electron chi connectivity index (χ0n) is 9.97. The molecule has 0 aliphatic carbocycles. The summed E-state index contributed by atoms with van der Waals surface area (Å²) in [5.74, 6) is 9.18. The van der Waals surface area contributed by atoms with Gasteiger partial charge in [0, 0.05) is 30.0 Å². The Bertz CT molecular complexity index is 553. The van der Waals surface area contributed by atoms with Gasteiger partial charge in [-0.05, 0) is 12.1 Å². The van der Waals surface area contributed by atoms with Crippen LogP contribution in [0, 0.1) is 0 Å². The van der Waals surface area contributed by atoms with Crippen molar-refractivity contribution in [1.82, 2.24) is 9.97 Å². The molecular formula is C12H15N5S. The molecule has 1 fully saturated rings. The first-order valence-electron chi connectivity index (χ1n) is 5.94. The standard InChI is InChI=1S/C12H15N5S/c13-16-12-14-10-4-2-1-3-9(10)11(15-12)17-5-7-18-8-6-17/h1-4H,5-8,13H2,(H,14,15,16). The van der Waals surface area contributed by atoms with Crippen molar-refractivity contribution in [1.29, 1.82) is 0 Å². The quantitative estimate of drug-likeness (QED) is 0.630. The van der Waals surface area contributed by atoms with Crippen LogP contribution in [0.15, 0.2) is 24.3 Å². The Balaban J connectivity index is 2.12. The van der Waals surface area contributed by atoms with Gasteiger partial charge >= 0.3 is 0 Å². The first-order valence-corrected chi connectivity index (χ1v) is 7.10. The Morgan fingerprint density at radius 3 is 2.72 bits per heavy atom. The van der Waals surface area contributed by atoms with Crippen LogP contribution in [0.4, 0.5) is 11.8 Å². The van der Waals surface area contributed by atoms with Crippen LogP contribution in [0.2, 0.25) is 0 Å². The molecule has 0 spiro atoms. The molecule has 3 rings (SSSR count). The van der Waals surface area contributed by atoms with Gasteiger partial charge in [0.1, 0.15) is 5.82 Å². The monoisotopic (exact) mass is 261 g/mol. The highest BCUT2D eigenvalue weighted by Crippen LogP contribution is 2.26. The maximum Gasteiger partial charge on any atom is 0.239 e. The highest BCUT2D eigenvalue weighted by atomic mass is 32.2. The first kappa shape index (κ1) is 11.6. The van der Waals surface area contributed by atoms with Crippen LogP contribution in [0.3, 0.4) is 0 Å². The number of nitrogen functional groups attached to an aromatic ring is 1. The summed E-state index contributed by atoms with van der Waals surface area (Å²) >= 11 is 1.98. The Morgan fingerprint density at radius 1 is 1.17 bits per heavy atom. The second kappa shape index (κ2) is 4.99. The lowest BCUT2D eigenvalue weighted by atomic mass is 10.2. The molecule has 6 heteroatoms. The second-order valence-corrected chi connectivity index (χ2v) is 5.36. The number of benzene rings is 1. The minimum atomic E-state index is 0.474. The molecule has 0 saturated carbocycles. The van der Waals surface area contributed by atoms with E-state index in [0.717, 1.165) is 41.3 Å². The van der Waals surface area contributed by atoms with E-state index in [4.69, 9.17) is 5.84 Å². The van der Waals surface area contributed by atoms with Gasteiger partial charge in [0.2, 0.25) is 5.95 Å². The van der Waals surface area contributed by atoms with Gasteiger partial charge in [-0.1, -0.05) is 12.1 Å². The van der Waals surface area contributed by atoms with E-state index in [-0.39, 0.29) is 0 Å². The van der Waals surface area contributed by atoms with Gasteiger partial charge in [0.05, 0.1) is 5.52 Å². The van der Waals surface area contributed by atoms with E-state index in [0.29, 0.717) is 5.95 Å². The number of para-hydroxylation sites is 1. The number of nitrogens with two attached hydrogens (primary N) is 1. The van der Waals surface area contributed by atoms with E-state index in [1.165, 1.54) is 0 Å². The van der Waals surface area contributed by atoms with E-state index >= 15 is 0 Å². The van der Waals surface area contributed by atoms with Crippen molar-refractivity contribution in [3.63, 3.8) is 0 Å². The number of aromatic nitrogens is 2. The Labute approximate surface area is 110 Å². The van der Waals surface area contributed by atoms with Crippen LogP contribution in [0.25, 0.3) is 10.9 Å². The van der Waals surface area contributed by atoms with E-state index in [2.05, 4.69) is 26.4 Å². The van der Waals surface area contributed by atoms with Crippen LogP contribution in [0.1, 0.15) is 0 Å². The van der Waals surface area contributed by atoms with Gasteiger partial charge < -0.3 is 4.90 Å². The first-order chi connectivity index (χ1) is 8.88. The molecule has 0 unspecified atom stereocenters. The van der Waals surface area contributed by atoms with E-state index < -0.39 is 0 Å². The molecule has 1 aromatic heterocycles. The summed E-state index contributed by atoms with van der Waals surface area (Å²) in [4.78, 5) is 11.2. The van der Waals surface area contributed by atoms with Gasteiger partial charge in [0.15, 0.2) is 0 Å². The average molecular weight is 261 g/mol. The average Bonchev–Trinajstić information content (AvgIpc) is 2.47. The molecule has 5 nitrogen and oxygen atoms in total. The summed E-state index contributed by atoms with van der Waals surface area (Å²) in [5, 5.41) is 1.09. The highest BCUT2D eigenvalue weighted by molar-refractivity contribution is 7.99. The molecule has 0 radical (unpaired) electrons. The van der Waals surface area contributed by atoms with Crippen molar-refractivity contribution in [2.45, 2.75) is 0 Å². The number of thioether (sulfide) groups is 1. The summed E-state index contributed by atoms with van der Waals surface area (Å²) in [7, 11) is 0. The fourth-order valence-electron chi connectivity index (χ4n) is 2.14. The number of hydrazine groups is 1. The summed E-state index contributed by atoms with van der Waals surface area (Å²) in [6, 6.07) is 8.04. The lowest BCUT2D eigenvalue weighted by molar-refractivity contribution is 0.842. The maximum atomic E-state index is 5.44. The summed E-state index contributed by atoms with van der Waals surface area (Å²) < 4.78 is 0. The summed E-state index contributed by atoms with van der Waals surface area (Å²) in [6.45, 7) is 2.05. The molecule has 3 N–H and O–H groups in total. The van der Waals surface area contributed by atoms with Gasteiger partial charge in [-0.15, -0.1) is 0 Å². The van der Waals surface area contributed by atoms with Crippen LogP contribution < -0.4 is 16.2 Å². The molecule has 94 valence electrons. The van der Waals surface area contributed by atoms with E-state index in [1.54, 1.807) is 0 Å². The SMILES string of the molecule is NNc1nc(N2CCSCC2)c2ccccc2n1. The third kappa shape index (κ3) is 2.09. The zero-order valence-corrected chi connectivity index (χ0v) is 10.8. The van der Waals surface area contributed by atoms with Gasteiger partial charge in [-0.3, -0.25) is 5.43 Å². The van der Waals surface area contributed by atoms with Crippen molar-refractivity contribution in [3.8, 4) is 0 Å². The molecule has 18 heavy (non-hydrogen) atoms.